The lowest BCUT2D eigenvalue weighted by molar-refractivity contribution is 0.589. The Morgan fingerprint density at radius 3 is 1.59 bits per heavy atom. The fourth-order valence-corrected chi connectivity index (χ4v) is 12.4. The van der Waals surface area contributed by atoms with Crippen molar-refractivity contribution in [1.82, 2.24) is 4.57 Å². The van der Waals surface area contributed by atoms with Gasteiger partial charge in [0.05, 0.1) is 22.4 Å². The Morgan fingerprint density at radius 2 is 0.932 bits per heavy atom. The fourth-order valence-electron chi connectivity index (χ4n) is 12.4. The topological polar surface area (TPSA) is 24.6 Å². The molecule has 2 aliphatic rings. The fraction of sp³-hybridized carbons (Fsp3) is 0.294. The molecule has 4 heterocycles. The summed E-state index contributed by atoms with van der Waals surface area (Å²) in [6.45, 7) is 37.2. The van der Waals surface area contributed by atoms with E-state index >= 15 is 0 Å². The number of para-hydroxylation sites is 2. The summed E-state index contributed by atoms with van der Waals surface area (Å²) in [6, 6.07) is 51.8. The number of furan rings is 1. The van der Waals surface area contributed by atoms with Crippen LogP contribution in [0.2, 0.25) is 0 Å². The van der Waals surface area contributed by atoms with Gasteiger partial charge >= 0.3 is 0 Å². The molecule has 73 heavy (non-hydrogen) atoms. The second-order valence-corrected chi connectivity index (χ2v) is 25.8. The third-order valence-electron chi connectivity index (χ3n) is 16.4. The lowest BCUT2D eigenvalue weighted by atomic mass is 9.33. The van der Waals surface area contributed by atoms with Gasteiger partial charge in [0.2, 0.25) is 0 Å². The first kappa shape index (κ1) is 47.1. The predicted octanol–water partition coefficient (Wildman–Crippen LogP) is 17.2. The molecule has 2 aliphatic heterocycles. The molecule has 0 fully saturated rings. The maximum absolute atomic E-state index is 6.75. The van der Waals surface area contributed by atoms with Crippen molar-refractivity contribution in [2.75, 3.05) is 9.80 Å². The van der Waals surface area contributed by atoms with Crippen molar-refractivity contribution in [2.45, 2.75) is 132 Å². The zero-order chi connectivity index (χ0) is 51.6. The van der Waals surface area contributed by atoms with Gasteiger partial charge in [0.15, 0.2) is 0 Å². The van der Waals surface area contributed by atoms with Crippen molar-refractivity contribution in [2.24, 2.45) is 0 Å². The molecule has 2 aromatic heterocycles. The van der Waals surface area contributed by atoms with Gasteiger partial charge in [-0.2, -0.15) is 0 Å². The van der Waals surface area contributed by atoms with Gasteiger partial charge in [0.25, 0.3) is 6.71 Å². The molecular formula is C68H70BN3O. The molecular weight excluding hydrogens is 886 g/mol. The van der Waals surface area contributed by atoms with Crippen LogP contribution in [-0.2, 0) is 21.7 Å². The molecule has 0 saturated carbocycles. The van der Waals surface area contributed by atoms with E-state index in [4.69, 9.17) is 4.42 Å². The Labute approximate surface area is 433 Å². The lowest BCUT2D eigenvalue weighted by Crippen LogP contribution is -2.61. The smallest absolute Gasteiger partial charge is 0.252 e. The summed E-state index contributed by atoms with van der Waals surface area (Å²) in [5, 5.41) is 4.81. The zero-order valence-corrected chi connectivity index (χ0v) is 46.0. The molecule has 10 aromatic rings. The number of hydrogen-bond acceptors (Lipinski definition) is 3. The van der Waals surface area contributed by atoms with Crippen LogP contribution < -0.4 is 26.2 Å². The van der Waals surface area contributed by atoms with Gasteiger partial charge in [-0.05, 0) is 165 Å². The zero-order valence-electron chi connectivity index (χ0n) is 46.0. The Kier molecular flexibility index (Phi) is 10.2. The summed E-state index contributed by atoms with van der Waals surface area (Å²) in [5.74, 6) is 0. The first-order valence-electron chi connectivity index (χ1n) is 26.5. The Hall–Kier alpha value is -6.98. The average molecular weight is 956 g/mol. The highest BCUT2D eigenvalue weighted by molar-refractivity contribution is 7.00. The average Bonchev–Trinajstić information content (AvgIpc) is 3.84. The van der Waals surface area contributed by atoms with Crippen LogP contribution in [0.1, 0.15) is 128 Å². The van der Waals surface area contributed by atoms with Gasteiger partial charge < -0.3 is 18.8 Å². The molecule has 4 nitrogen and oxygen atoms in total. The third kappa shape index (κ3) is 7.23. The van der Waals surface area contributed by atoms with Crippen LogP contribution in [0.3, 0.4) is 0 Å². The molecule has 8 aromatic carbocycles. The van der Waals surface area contributed by atoms with Crippen molar-refractivity contribution < 1.29 is 4.42 Å². The molecule has 0 unspecified atom stereocenters. The van der Waals surface area contributed by atoms with Gasteiger partial charge in [-0.3, -0.25) is 0 Å². The number of benzene rings is 8. The minimum Gasteiger partial charge on any atom is -0.456 e. The van der Waals surface area contributed by atoms with Crippen molar-refractivity contribution in [3.63, 3.8) is 0 Å². The van der Waals surface area contributed by atoms with E-state index in [0.717, 1.165) is 27.6 Å². The molecule has 0 amide bonds. The standard InChI is InChI=1S/C68H70BN3O/c1-39-20-19-21-40(2)63(39)71-54-28-24-43(65(5,6)7)32-50(54)51-37-53-57(38-56(51)71)70(47-26-27-49-48-22-17-18-23-60(48)73-61(49)36-47)58-34-46(68(14,15)16)35-59-62(58)69(53)52-33-44(66(8,9)10)25-29-55(52)72(59)64-41(3)30-45(31-42(64)4)67(11,12)13/h17-38H,1-16H3. The summed E-state index contributed by atoms with van der Waals surface area (Å²) < 4.78 is 9.32. The minimum absolute atomic E-state index is 0.0110. The third-order valence-corrected chi connectivity index (χ3v) is 16.4. The van der Waals surface area contributed by atoms with E-state index in [2.05, 4.69) is 259 Å². The molecule has 366 valence electrons. The normalized spacial score (nSPS) is 13.9. The molecule has 0 aliphatic carbocycles. The summed E-state index contributed by atoms with van der Waals surface area (Å²) in [6.07, 6.45) is 0. The summed E-state index contributed by atoms with van der Waals surface area (Å²) in [4.78, 5) is 5.24. The van der Waals surface area contributed by atoms with E-state index < -0.39 is 0 Å². The first-order valence-corrected chi connectivity index (χ1v) is 26.5. The molecule has 12 rings (SSSR count). The van der Waals surface area contributed by atoms with Crippen LogP contribution >= 0.6 is 0 Å². The molecule has 0 saturated heterocycles. The minimum atomic E-state index is -0.165. The molecule has 0 spiro atoms. The number of fused-ring (bicyclic) bond motifs is 10. The van der Waals surface area contributed by atoms with Crippen LogP contribution in [0.15, 0.2) is 138 Å². The molecule has 5 heteroatoms. The van der Waals surface area contributed by atoms with Crippen molar-refractivity contribution in [1.29, 1.82) is 0 Å². The highest BCUT2D eigenvalue weighted by atomic mass is 16.3. The SMILES string of the molecule is Cc1cc(C(C)(C)C)cc(C)c1N1c2ccc(C(C)(C)C)cc2B2c3cc4c5cc(C(C)(C)C)ccc5n(-c5c(C)cccc5C)c4cc3N(c3ccc4c(c3)oc3ccccc34)c3cc(C(C)(C)C)cc1c32. The van der Waals surface area contributed by atoms with E-state index in [1.165, 1.54) is 117 Å². The van der Waals surface area contributed by atoms with Gasteiger partial charge in [0, 0.05) is 56.0 Å². The quantitative estimate of drug-likeness (QED) is 0.165. The monoisotopic (exact) mass is 956 g/mol. The van der Waals surface area contributed by atoms with E-state index in [9.17, 15) is 0 Å². The number of nitrogens with zero attached hydrogens (tertiary/aromatic N) is 3. The van der Waals surface area contributed by atoms with Crippen LogP contribution in [0.5, 0.6) is 0 Å². The van der Waals surface area contributed by atoms with Crippen molar-refractivity contribution in [3.8, 4) is 5.69 Å². The van der Waals surface area contributed by atoms with E-state index in [1.807, 2.05) is 0 Å². The first-order chi connectivity index (χ1) is 34.4. The predicted molar refractivity (Wildman–Crippen MR) is 316 cm³/mol. The second kappa shape index (κ2) is 15.8. The van der Waals surface area contributed by atoms with E-state index in [-0.39, 0.29) is 28.4 Å². The highest BCUT2D eigenvalue weighted by Crippen LogP contribution is 2.50. The molecule has 0 N–H and O–H groups in total. The van der Waals surface area contributed by atoms with Gasteiger partial charge in [-0.1, -0.05) is 156 Å². The largest absolute Gasteiger partial charge is 0.456 e. The summed E-state index contributed by atoms with van der Waals surface area (Å²) >= 11 is 0. The number of aromatic nitrogens is 1. The number of rotatable bonds is 3. The van der Waals surface area contributed by atoms with Gasteiger partial charge in [-0.25, -0.2) is 0 Å². The molecule has 0 radical (unpaired) electrons. The number of hydrogen-bond donors (Lipinski definition) is 0. The Bertz CT molecular complexity index is 3920. The van der Waals surface area contributed by atoms with Crippen molar-refractivity contribution >= 4 is 101 Å². The van der Waals surface area contributed by atoms with E-state index in [0.29, 0.717) is 0 Å². The molecule has 0 atom stereocenters. The number of anilines is 6. The Balaban J connectivity index is 1.27. The van der Waals surface area contributed by atoms with Crippen molar-refractivity contribution in [3.05, 3.63) is 178 Å². The van der Waals surface area contributed by atoms with Gasteiger partial charge in [0.1, 0.15) is 11.2 Å². The van der Waals surface area contributed by atoms with E-state index in [1.54, 1.807) is 0 Å². The highest BCUT2D eigenvalue weighted by Gasteiger charge is 2.46. The second-order valence-electron chi connectivity index (χ2n) is 25.8. The van der Waals surface area contributed by atoms with Crippen LogP contribution in [0.25, 0.3) is 49.4 Å². The summed E-state index contributed by atoms with van der Waals surface area (Å²) in [5.41, 5.74) is 26.8. The maximum Gasteiger partial charge on any atom is 0.252 e. The van der Waals surface area contributed by atoms with Crippen LogP contribution in [0, 0.1) is 27.7 Å². The van der Waals surface area contributed by atoms with Crippen LogP contribution in [0.4, 0.5) is 34.1 Å². The van der Waals surface area contributed by atoms with Crippen LogP contribution in [-0.4, -0.2) is 11.3 Å². The van der Waals surface area contributed by atoms with Gasteiger partial charge in [-0.15, -0.1) is 0 Å². The molecule has 0 bridgehead atoms. The maximum atomic E-state index is 6.75. The summed E-state index contributed by atoms with van der Waals surface area (Å²) in [7, 11) is 0. The number of aryl methyl sites for hydroxylation is 4. The lowest BCUT2D eigenvalue weighted by Gasteiger charge is -2.46. The Morgan fingerprint density at radius 1 is 0.370 bits per heavy atom.